The monoisotopic (exact) mass is 387 g/mol. The molecule has 11 N–H and O–H groups in total. The highest BCUT2D eigenvalue weighted by Crippen LogP contribution is 2.19. The Hall–Kier alpha value is -2.49. The Morgan fingerprint density at radius 1 is 0.885 bits per heavy atom. The maximum Gasteiger partial charge on any atom is 0.296 e. The standard InChI is InChI=1S/C6H8N2O3S.C6H8N2.C2H7N.C2H6.CH4/c7-4-1-2-6(5(8)3-4)12(9,10)11;7-5-2-1-3-6(8)4-5;1-2-3;1-2;/h1-3H,7-8H2,(H,9,10,11);1-4H,7-8H2;2-3H2,1H3;1-2H3;1H4. The summed E-state index contributed by atoms with van der Waals surface area (Å²) in [7, 11) is -4.23. The van der Waals surface area contributed by atoms with Gasteiger partial charge in [0.25, 0.3) is 10.1 Å². The van der Waals surface area contributed by atoms with E-state index in [1.807, 2.05) is 26.8 Å². The molecule has 0 aromatic heterocycles. The molecule has 0 saturated heterocycles. The Balaban J connectivity index is -0.000000329. The lowest BCUT2D eigenvalue weighted by Gasteiger charge is -2.01. The summed E-state index contributed by atoms with van der Waals surface area (Å²) < 4.78 is 29.8. The van der Waals surface area contributed by atoms with Crippen LogP contribution in [0.1, 0.15) is 28.2 Å². The number of rotatable bonds is 1. The van der Waals surface area contributed by atoms with Gasteiger partial charge in [0.05, 0.1) is 5.69 Å². The van der Waals surface area contributed by atoms with Crippen molar-refractivity contribution in [2.75, 3.05) is 29.5 Å². The number of hydrogen-bond acceptors (Lipinski definition) is 7. The van der Waals surface area contributed by atoms with Gasteiger partial charge in [-0.05, 0) is 42.9 Å². The molecule has 150 valence electrons. The molecule has 0 aliphatic carbocycles. The molecule has 9 heteroatoms. The van der Waals surface area contributed by atoms with Crippen LogP contribution in [0.5, 0.6) is 0 Å². The summed E-state index contributed by atoms with van der Waals surface area (Å²) in [6.45, 7) is 6.65. The van der Waals surface area contributed by atoms with Crippen molar-refractivity contribution < 1.29 is 13.0 Å². The largest absolute Gasteiger partial charge is 0.399 e. The maximum atomic E-state index is 10.6. The third kappa shape index (κ3) is 12.9. The molecule has 0 aliphatic heterocycles. The van der Waals surface area contributed by atoms with Crippen LogP contribution in [0.4, 0.5) is 22.7 Å². The maximum absolute atomic E-state index is 10.6. The molecular formula is C17H33N5O3S. The predicted molar refractivity (Wildman–Crippen MR) is 113 cm³/mol. The molecule has 0 atom stereocenters. The summed E-state index contributed by atoms with van der Waals surface area (Å²) in [5.41, 5.74) is 27.9. The van der Waals surface area contributed by atoms with Gasteiger partial charge in [0.2, 0.25) is 0 Å². The van der Waals surface area contributed by atoms with Crippen LogP contribution in [0.25, 0.3) is 0 Å². The van der Waals surface area contributed by atoms with E-state index < -0.39 is 10.1 Å². The first kappa shape index (κ1) is 28.3. The van der Waals surface area contributed by atoms with Crippen LogP contribution in [0.2, 0.25) is 0 Å². The van der Waals surface area contributed by atoms with Gasteiger partial charge in [-0.15, -0.1) is 0 Å². The zero-order chi connectivity index (χ0) is 20.0. The van der Waals surface area contributed by atoms with Gasteiger partial charge >= 0.3 is 0 Å². The average Bonchev–Trinajstić information content (AvgIpc) is 2.49. The van der Waals surface area contributed by atoms with E-state index in [-0.39, 0.29) is 18.0 Å². The van der Waals surface area contributed by atoms with Gasteiger partial charge in [-0.2, -0.15) is 8.42 Å². The topological polar surface area (TPSA) is 184 Å². The third-order valence-electron chi connectivity index (χ3n) is 2.22. The number of nitrogens with two attached hydrogens (primary N) is 5. The molecule has 0 unspecified atom stereocenters. The summed E-state index contributed by atoms with van der Waals surface area (Å²) >= 11 is 0. The number of hydrogen-bond donors (Lipinski definition) is 6. The van der Waals surface area contributed by atoms with Gasteiger partial charge in [-0.25, -0.2) is 0 Å². The van der Waals surface area contributed by atoms with E-state index in [0.29, 0.717) is 17.1 Å². The second kappa shape index (κ2) is 14.8. The van der Waals surface area contributed by atoms with Gasteiger partial charge in [0, 0.05) is 17.1 Å². The summed E-state index contributed by atoms with van der Waals surface area (Å²) in [4.78, 5) is -0.322. The summed E-state index contributed by atoms with van der Waals surface area (Å²) in [5, 5.41) is 0. The molecule has 0 heterocycles. The predicted octanol–water partition coefficient (Wildman–Crippen LogP) is 2.58. The van der Waals surface area contributed by atoms with Crippen LogP contribution < -0.4 is 28.7 Å². The fourth-order valence-electron chi connectivity index (χ4n) is 1.36. The fourth-order valence-corrected chi connectivity index (χ4v) is 1.96. The molecule has 0 aliphatic rings. The Morgan fingerprint density at radius 2 is 1.27 bits per heavy atom. The second-order valence-electron chi connectivity index (χ2n) is 4.35. The van der Waals surface area contributed by atoms with Crippen molar-refractivity contribution in [3.8, 4) is 0 Å². The lowest BCUT2D eigenvalue weighted by Crippen LogP contribution is -2.03. The van der Waals surface area contributed by atoms with Gasteiger partial charge in [-0.3, -0.25) is 4.55 Å². The van der Waals surface area contributed by atoms with Crippen molar-refractivity contribution in [3.63, 3.8) is 0 Å². The minimum atomic E-state index is -4.23. The van der Waals surface area contributed by atoms with Gasteiger partial charge < -0.3 is 28.7 Å². The van der Waals surface area contributed by atoms with E-state index in [0.717, 1.165) is 12.6 Å². The minimum Gasteiger partial charge on any atom is -0.399 e. The van der Waals surface area contributed by atoms with E-state index in [1.165, 1.54) is 12.1 Å². The normalized spacial score (nSPS) is 8.96. The Morgan fingerprint density at radius 3 is 1.54 bits per heavy atom. The van der Waals surface area contributed by atoms with E-state index in [4.69, 9.17) is 33.2 Å². The highest BCUT2D eigenvalue weighted by molar-refractivity contribution is 7.86. The SMILES string of the molecule is C.CC.CCN.Nc1ccc(S(=O)(=O)O)c(N)c1.Nc1cccc(N)c1. The van der Waals surface area contributed by atoms with Crippen molar-refractivity contribution in [2.24, 2.45) is 5.73 Å². The first-order valence-electron chi connectivity index (χ1n) is 7.55. The molecule has 0 bridgehead atoms. The van der Waals surface area contributed by atoms with Crippen LogP contribution >= 0.6 is 0 Å². The van der Waals surface area contributed by atoms with Crippen molar-refractivity contribution in [1.29, 1.82) is 0 Å². The third-order valence-corrected chi connectivity index (χ3v) is 3.15. The molecule has 0 saturated carbocycles. The number of benzene rings is 2. The van der Waals surface area contributed by atoms with Crippen LogP contribution in [0.3, 0.4) is 0 Å². The second-order valence-corrected chi connectivity index (χ2v) is 5.74. The lowest BCUT2D eigenvalue weighted by atomic mass is 10.3. The minimum absolute atomic E-state index is 0. The van der Waals surface area contributed by atoms with Crippen molar-refractivity contribution >= 4 is 32.9 Å². The molecular weight excluding hydrogens is 354 g/mol. The average molecular weight is 388 g/mol. The molecule has 0 fully saturated rings. The molecule has 2 rings (SSSR count). The van der Waals surface area contributed by atoms with Gasteiger partial charge in [-0.1, -0.05) is 34.3 Å². The number of nitrogen functional groups attached to an aromatic ring is 4. The van der Waals surface area contributed by atoms with Gasteiger partial charge in [0.1, 0.15) is 4.90 Å². The molecule has 0 radical (unpaired) electrons. The molecule has 2 aromatic carbocycles. The smallest absolute Gasteiger partial charge is 0.296 e. The first-order valence-corrected chi connectivity index (χ1v) is 8.99. The highest BCUT2D eigenvalue weighted by atomic mass is 32.2. The van der Waals surface area contributed by atoms with Crippen LogP contribution in [0, 0.1) is 0 Å². The fraction of sp³-hybridized carbons (Fsp3) is 0.294. The van der Waals surface area contributed by atoms with Crippen LogP contribution in [0.15, 0.2) is 47.4 Å². The molecule has 0 spiro atoms. The first-order chi connectivity index (χ1) is 11.6. The Labute approximate surface area is 157 Å². The molecule has 26 heavy (non-hydrogen) atoms. The quantitative estimate of drug-likeness (QED) is 0.318. The van der Waals surface area contributed by atoms with Gasteiger partial charge in [0.15, 0.2) is 0 Å². The van der Waals surface area contributed by atoms with Crippen molar-refractivity contribution in [1.82, 2.24) is 0 Å². The van der Waals surface area contributed by atoms with Crippen molar-refractivity contribution in [3.05, 3.63) is 42.5 Å². The van der Waals surface area contributed by atoms with E-state index in [2.05, 4.69) is 0 Å². The summed E-state index contributed by atoms with van der Waals surface area (Å²) in [6, 6.07) is 10.9. The summed E-state index contributed by atoms with van der Waals surface area (Å²) in [5.74, 6) is 0. The number of anilines is 4. The molecule has 8 nitrogen and oxygen atoms in total. The zero-order valence-electron chi connectivity index (χ0n) is 14.8. The van der Waals surface area contributed by atoms with E-state index >= 15 is 0 Å². The van der Waals surface area contributed by atoms with Crippen LogP contribution in [-0.4, -0.2) is 19.5 Å². The zero-order valence-corrected chi connectivity index (χ0v) is 15.6. The lowest BCUT2D eigenvalue weighted by molar-refractivity contribution is 0.483. The highest BCUT2D eigenvalue weighted by Gasteiger charge is 2.12. The Bertz CT molecular complexity index is 705. The molecule has 0 amide bonds. The van der Waals surface area contributed by atoms with Crippen molar-refractivity contribution in [2.45, 2.75) is 33.1 Å². The summed E-state index contributed by atoms with van der Waals surface area (Å²) in [6.07, 6.45) is 0. The molecule has 2 aromatic rings. The Kier molecular flexibility index (Phi) is 16.1. The van der Waals surface area contributed by atoms with Crippen LogP contribution in [-0.2, 0) is 10.1 Å². The van der Waals surface area contributed by atoms with E-state index in [9.17, 15) is 8.42 Å². The van der Waals surface area contributed by atoms with E-state index in [1.54, 1.807) is 18.2 Å².